The SMILES string of the molecule is CCCCCN1CCN(c2cncnc2)CC1. The highest BCUT2D eigenvalue weighted by Crippen LogP contribution is 2.13. The zero-order valence-corrected chi connectivity index (χ0v) is 10.7. The van der Waals surface area contributed by atoms with Crippen molar-refractivity contribution in [2.24, 2.45) is 0 Å². The molecule has 0 atom stereocenters. The molecule has 17 heavy (non-hydrogen) atoms. The van der Waals surface area contributed by atoms with E-state index >= 15 is 0 Å². The predicted molar refractivity (Wildman–Crippen MR) is 70.2 cm³/mol. The van der Waals surface area contributed by atoms with Crippen molar-refractivity contribution < 1.29 is 0 Å². The summed E-state index contributed by atoms with van der Waals surface area (Å²) in [6, 6.07) is 0. The Balaban J connectivity index is 1.74. The zero-order chi connectivity index (χ0) is 11.9. The van der Waals surface area contributed by atoms with E-state index in [9.17, 15) is 0 Å². The standard InChI is InChI=1S/C13H22N4/c1-2-3-4-5-16-6-8-17(9-7-16)13-10-14-12-15-11-13/h10-12H,2-9H2,1H3. The molecule has 0 N–H and O–H groups in total. The molecule has 0 aliphatic carbocycles. The molecule has 0 bridgehead atoms. The van der Waals surface area contributed by atoms with E-state index in [1.807, 2.05) is 12.4 Å². The van der Waals surface area contributed by atoms with Crippen LogP contribution >= 0.6 is 0 Å². The van der Waals surface area contributed by atoms with Gasteiger partial charge in [-0.1, -0.05) is 19.8 Å². The van der Waals surface area contributed by atoms with Crippen molar-refractivity contribution in [2.75, 3.05) is 37.6 Å². The van der Waals surface area contributed by atoms with Crippen molar-refractivity contribution >= 4 is 5.69 Å². The van der Waals surface area contributed by atoms with Crippen LogP contribution in [-0.4, -0.2) is 47.6 Å². The van der Waals surface area contributed by atoms with E-state index in [1.165, 1.54) is 38.9 Å². The lowest BCUT2D eigenvalue weighted by Crippen LogP contribution is -2.46. The van der Waals surface area contributed by atoms with E-state index in [1.54, 1.807) is 6.33 Å². The molecule has 1 aromatic rings. The highest BCUT2D eigenvalue weighted by molar-refractivity contribution is 5.41. The Bertz CT molecular complexity index is 306. The first-order valence-corrected chi connectivity index (χ1v) is 6.62. The van der Waals surface area contributed by atoms with Gasteiger partial charge in [-0.2, -0.15) is 0 Å². The molecule has 2 heterocycles. The second kappa shape index (κ2) is 6.55. The van der Waals surface area contributed by atoms with Crippen LogP contribution in [0.4, 0.5) is 5.69 Å². The summed E-state index contributed by atoms with van der Waals surface area (Å²) in [5.74, 6) is 0. The molecule has 94 valence electrons. The summed E-state index contributed by atoms with van der Waals surface area (Å²) in [5, 5.41) is 0. The lowest BCUT2D eigenvalue weighted by atomic mass is 10.2. The molecule has 1 saturated heterocycles. The van der Waals surface area contributed by atoms with E-state index in [0.717, 1.165) is 18.8 Å². The maximum Gasteiger partial charge on any atom is 0.115 e. The number of hydrogen-bond donors (Lipinski definition) is 0. The largest absolute Gasteiger partial charge is 0.366 e. The topological polar surface area (TPSA) is 32.3 Å². The van der Waals surface area contributed by atoms with Crippen molar-refractivity contribution in [3.05, 3.63) is 18.7 Å². The fourth-order valence-corrected chi connectivity index (χ4v) is 2.27. The Morgan fingerprint density at radius 2 is 1.76 bits per heavy atom. The van der Waals surface area contributed by atoms with Crippen LogP contribution in [0.25, 0.3) is 0 Å². The van der Waals surface area contributed by atoms with Gasteiger partial charge in [-0.25, -0.2) is 9.97 Å². The van der Waals surface area contributed by atoms with Crippen LogP contribution in [0.3, 0.4) is 0 Å². The molecule has 1 aliphatic heterocycles. The predicted octanol–water partition coefficient (Wildman–Crippen LogP) is 1.79. The van der Waals surface area contributed by atoms with Crippen LogP contribution in [0.5, 0.6) is 0 Å². The summed E-state index contributed by atoms with van der Waals surface area (Å²) >= 11 is 0. The van der Waals surface area contributed by atoms with Gasteiger partial charge in [0.1, 0.15) is 6.33 Å². The fraction of sp³-hybridized carbons (Fsp3) is 0.692. The summed E-state index contributed by atoms with van der Waals surface area (Å²) in [6.45, 7) is 8.04. The second-order valence-corrected chi connectivity index (χ2v) is 4.63. The number of aromatic nitrogens is 2. The van der Waals surface area contributed by atoms with Crippen molar-refractivity contribution in [2.45, 2.75) is 26.2 Å². The first-order chi connectivity index (χ1) is 8.40. The van der Waals surface area contributed by atoms with E-state index in [-0.39, 0.29) is 0 Å². The Labute approximate surface area is 104 Å². The maximum atomic E-state index is 4.07. The summed E-state index contributed by atoms with van der Waals surface area (Å²) in [7, 11) is 0. The Kier molecular flexibility index (Phi) is 4.74. The maximum absolute atomic E-state index is 4.07. The number of rotatable bonds is 5. The lowest BCUT2D eigenvalue weighted by molar-refractivity contribution is 0.252. The monoisotopic (exact) mass is 234 g/mol. The molecule has 0 amide bonds. The Hall–Kier alpha value is -1.16. The Morgan fingerprint density at radius 1 is 1.06 bits per heavy atom. The number of nitrogens with zero attached hydrogens (tertiary/aromatic N) is 4. The fourth-order valence-electron chi connectivity index (χ4n) is 2.27. The molecule has 1 aromatic heterocycles. The summed E-state index contributed by atoms with van der Waals surface area (Å²) in [5.41, 5.74) is 1.15. The van der Waals surface area contributed by atoms with Crippen molar-refractivity contribution in [1.82, 2.24) is 14.9 Å². The molecule has 0 unspecified atom stereocenters. The van der Waals surface area contributed by atoms with Crippen molar-refractivity contribution in [1.29, 1.82) is 0 Å². The van der Waals surface area contributed by atoms with Crippen molar-refractivity contribution in [3.8, 4) is 0 Å². The van der Waals surface area contributed by atoms with E-state index < -0.39 is 0 Å². The van der Waals surface area contributed by atoms with Crippen molar-refractivity contribution in [3.63, 3.8) is 0 Å². The van der Waals surface area contributed by atoms with Crippen LogP contribution < -0.4 is 4.90 Å². The Morgan fingerprint density at radius 3 is 2.41 bits per heavy atom. The van der Waals surface area contributed by atoms with Crippen LogP contribution in [0.1, 0.15) is 26.2 Å². The molecule has 4 nitrogen and oxygen atoms in total. The minimum Gasteiger partial charge on any atom is -0.366 e. The average molecular weight is 234 g/mol. The van der Waals surface area contributed by atoms with Gasteiger partial charge in [0.25, 0.3) is 0 Å². The normalized spacial score (nSPS) is 17.4. The molecular weight excluding hydrogens is 212 g/mol. The second-order valence-electron chi connectivity index (χ2n) is 4.63. The van der Waals surface area contributed by atoms with Gasteiger partial charge in [-0.3, -0.25) is 4.90 Å². The first-order valence-electron chi connectivity index (χ1n) is 6.62. The highest BCUT2D eigenvalue weighted by Gasteiger charge is 2.16. The van der Waals surface area contributed by atoms with Gasteiger partial charge < -0.3 is 4.90 Å². The quantitative estimate of drug-likeness (QED) is 0.727. The van der Waals surface area contributed by atoms with Crippen LogP contribution in [0, 0.1) is 0 Å². The minimum absolute atomic E-state index is 1.10. The molecule has 4 heteroatoms. The van der Waals surface area contributed by atoms with Gasteiger partial charge in [-0.15, -0.1) is 0 Å². The summed E-state index contributed by atoms with van der Waals surface area (Å²) in [4.78, 5) is 13.1. The van der Waals surface area contributed by atoms with Crippen LogP contribution in [0.15, 0.2) is 18.7 Å². The molecule has 0 radical (unpaired) electrons. The van der Waals surface area contributed by atoms with Gasteiger partial charge in [0.05, 0.1) is 18.1 Å². The van der Waals surface area contributed by atoms with E-state index in [2.05, 4.69) is 26.7 Å². The molecule has 2 rings (SSSR count). The number of piperazine rings is 1. The molecule has 0 aromatic carbocycles. The molecule has 0 saturated carbocycles. The molecule has 0 spiro atoms. The average Bonchev–Trinajstić information content (AvgIpc) is 2.41. The van der Waals surface area contributed by atoms with Crippen LogP contribution in [-0.2, 0) is 0 Å². The molecule has 1 aliphatic rings. The van der Waals surface area contributed by atoms with Gasteiger partial charge in [0, 0.05) is 26.2 Å². The van der Waals surface area contributed by atoms with Gasteiger partial charge in [0.15, 0.2) is 0 Å². The third kappa shape index (κ3) is 3.66. The third-order valence-electron chi connectivity index (χ3n) is 3.36. The van der Waals surface area contributed by atoms with Gasteiger partial charge in [0.2, 0.25) is 0 Å². The summed E-state index contributed by atoms with van der Waals surface area (Å²) < 4.78 is 0. The van der Waals surface area contributed by atoms with Gasteiger partial charge in [-0.05, 0) is 13.0 Å². The van der Waals surface area contributed by atoms with Gasteiger partial charge >= 0.3 is 0 Å². The summed E-state index contributed by atoms with van der Waals surface area (Å²) in [6.07, 6.45) is 9.39. The minimum atomic E-state index is 1.10. The van der Waals surface area contributed by atoms with E-state index in [0.29, 0.717) is 0 Å². The van der Waals surface area contributed by atoms with Crippen LogP contribution in [0.2, 0.25) is 0 Å². The third-order valence-corrected chi connectivity index (χ3v) is 3.36. The lowest BCUT2D eigenvalue weighted by Gasteiger charge is -2.35. The van der Waals surface area contributed by atoms with E-state index in [4.69, 9.17) is 0 Å². The number of anilines is 1. The molecule has 1 fully saturated rings. The first kappa shape index (κ1) is 12.3. The molecular formula is C13H22N4. The number of hydrogen-bond acceptors (Lipinski definition) is 4. The number of unbranched alkanes of at least 4 members (excludes halogenated alkanes) is 2. The zero-order valence-electron chi connectivity index (χ0n) is 10.7. The smallest absolute Gasteiger partial charge is 0.115 e. The highest BCUT2D eigenvalue weighted by atomic mass is 15.3.